The van der Waals surface area contributed by atoms with Crippen molar-refractivity contribution >= 4 is 27.3 Å². The van der Waals surface area contributed by atoms with Crippen LogP contribution in [0.4, 0.5) is 15.9 Å². The van der Waals surface area contributed by atoms with Crippen LogP contribution < -0.4 is 5.32 Å². The molecule has 30 heavy (non-hydrogen) atoms. The molecule has 0 saturated carbocycles. The van der Waals surface area contributed by atoms with Crippen LogP contribution in [0.15, 0.2) is 35.5 Å². The molecule has 1 N–H and O–H groups in total. The summed E-state index contributed by atoms with van der Waals surface area (Å²) < 4.78 is 45.6. The number of esters is 1. The fourth-order valence-corrected chi connectivity index (χ4v) is 4.77. The van der Waals surface area contributed by atoms with Gasteiger partial charge < -0.3 is 10.1 Å². The van der Waals surface area contributed by atoms with Gasteiger partial charge in [-0.05, 0) is 17.7 Å². The number of hydrogen-bond donors (Lipinski definition) is 1. The minimum Gasteiger partial charge on any atom is -0.469 e. The van der Waals surface area contributed by atoms with Crippen LogP contribution in [0.5, 0.6) is 0 Å². The number of rotatable bonds is 5. The number of nitrogens with one attached hydrogen (secondary N) is 1. The van der Waals surface area contributed by atoms with Gasteiger partial charge in [0.15, 0.2) is 21.5 Å². The van der Waals surface area contributed by atoms with Crippen molar-refractivity contribution in [1.82, 2.24) is 19.7 Å². The summed E-state index contributed by atoms with van der Waals surface area (Å²) in [4.78, 5) is 20.2. The SMILES string of the molecule is COC(=O)Cc1ccc(Nc2nc(-c3cnn(C)c3)nc3c2S(=O)(=O)CC3)cc1F. The Kier molecular flexibility index (Phi) is 4.98. The fraction of sp³-hybridized carbons (Fsp3) is 0.263. The Balaban J connectivity index is 1.74. The van der Waals surface area contributed by atoms with E-state index in [1.165, 1.54) is 19.2 Å². The topological polar surface area (TPSA) is 116 Å². The van der Waals surface area contributed by atoms with Crippen LogP contribution in [0.1, 0.15) is 11.3 Å². The molecule has 0 radical (unpaired) electrons. The number of nitrogens with zero attached hydrogens (tertiary/aromatic N) is 4. The molecule has 0 bridgehead atoms. The summed E-state index contributed by atoms with van der Waals surface area (Å²) in [5, 5.41) is 6.99. The molecule has 2 aromatic heterocycles. The number of fused-ring (bicyclic) bond motifs is 1. The number of anilines is 2. The molecule has 0 fully saturated rings. The Bertz CT molecular complexity index is 1260. The van der Waals surface area contributed by atoms with Crippen LogP contribution >= 0.6 is 0 Å². The number of halogens is 1. The van der Waals surface area contributed by atoms with E-state index in [2.05, 4.69) is 25.1 Å². The summed E-state index contributed by atoms with van der Waals surface area (Å²) in [5.74, 6) is -0.836. The molecular formula is C19H18FN5O4S. The van der Waals surface area contributed by atoms with Gasteiger partial charge in [0.25, 0.3) is 0 Å². The Hall–Kier alpha value is -3.34. The zero-order chi connectivity index (χ0) is 21.5. The maximum absolute atomic E-state index is 14.4. The van der Waals surface area contributed by atoms with Gasteiger partial charge >= 0.3 is 5.97 Å². The highest BCUT2D eigenvalue weighted by molar-refractivity contribution is 7.91. The Labute approximate surface area is 171 Å². The van der Waals surface area contributed by atoms with Crippen molar-refractivity contribution in [3.63, 3.8) is 0 Å². The van der Waals surface area contributed by atoms with Crippen LogP contribution in [0.25, 0.3) is 11.4 Å². The van der Waals surface area contributed by atoms with E-state index in [0.717, 1.165) is 0 Å². The van der Waals surface area contributed by atoms with Crippen LogP contribution in [-0.4, -0.2) is 47.0 Å². The smallest absolute Gasteiger partial charge is 0.310 e. The van der Waals surface area contributed by atoms with Crippen LogP contribution in [-0.2, 0) is 39.3 Å². The van der Waals surface area contributed by atoms with Crippen molar-refractivity contribution < 1.29 is 22.3 Å². The third kappa shape index (κ3) is 3.75. The quantitative estimate of drug-likeness (QED) is 0.608. The molecular weight excluding hydrogens is 413 g/mol. The van der Waals surface area contributed by atoms with Crippen molar-refractivity contribution in [2.45, 2.75) is 17.7 Å². The second-order valence-corrected chi connectivity index (χ2v) is 8.87. The first-order chi connectivity index (χ1) is 14.3. The van der Waals surface area contributed by atoms with Crippen molar-refractivity contribution in [1.29, 1.82) is 0 Å². The van der Waals surface area contributed by atoms with Crippen LogP contribution in [0.2, 0.25) is 0 Å². The van der Waals surface area contributed by atoms with E-state index in [1.807, 2.05) is 0 Å². The standard InChI is InChI=1S/C19H18FN5O4S/c1-25-10-12(9-21-25)18-23-15-5-6-30(27,28)17(15)19(24-18)22-13-4-3-11(14(20)8-13)7-16(26)29-2/h3-4,8-10H,5-7H2,1-2H3,(H,22,23,24). The van der Waals surface area contributed by atoms with E-state index in [4.69, 9.17) is 0 Å². The van der Waals surface area contributed by atoms with E-state index < -0.39 is 21.6 Å². The molecule has 0 unspecified atom stereocenters. The second kappa shape index (κ2) is 7.48. The van der Waals surface area contributed by atoms with Gasteiger partial charge in [-0.2, -0.15) is 5.10 Å². The summed E-state index contributed by atoms with van der Waals surface area (Å²) in [6.45, 7) is 0. The number of aryl methyl sites for hydroxylation is 2. The molecule has 0 atom stereocenters. The van der Waals surface area contributed by atoms with Gasteiger partial charge in [0.1, 0.15) is 10.7 Å². The maximum atomic E-state index is 14.4. The number of benzene rings is 1. The van der Waals surface area contributed by atoms with E-state index in [0.29, 0.717) is 22.8 Å². The maximum Gasteiger partial charge on any atom is 0.310 e. The van der Waals surface area contributed by atoms with Gasteiger partial charge in [0.2, 0.25) is 0 Å². The molecule has 0 spiro atoms. The molecule has 1 aliphatic rings. The minimum atomic E-state index is -3.55. The number of sulfone groups is 1. The molecule has 4 rings (SSSR count). The lowest BCUT2D eigenvalue weighted by Gasteiger charge is -2.12. The highest BCUT2D eigenvalue weighted by Crippen LogP contribution is 2.34. The molecule has 9 nitrogen and oxygen atoms in total. The molecule has 3 aromatic rings. The summed E-state index contributed by atoms with van der Waals surface area (Å²) in [6, 6.07) is 4.16. The largest absolute Gasteiger partial charge is 0.469 e. The lowest BCUT2D eigenvalue weighted by molar-refractivity contribution is -0.139. The third-order valence-corrected chi connectivity index (χ3v) is 6.49. The summed E-state index contributed by atoms with van der Waals surface area (Å²) in [6.07, 6.45) is 3.37. The normalized spacial score (nSPS) is 14.4. The average Bonchev–Trinajstić information content (AvgIpc) is 3.27. The molecule has 0 amide bonds. The number of carbonyl (C=O) groups is 1. The third-order valence-electron chi connectivity index (χ3n) is 4.70. The van der Waals surface area contributed by atoms with Crippen molar-refractivity contribution in [3.05, 3.63) is 47.7 Å². The van der Waals surface area contributed by atoms with E-state index in [1.54, 1.807) is 30.2 Å². The van der Waals surface area contributed by atoms with Gasteiger partial charge in [0, 0.05) is 25.4 Å². The second-order valence-electron chi connectivity index (χ2n) is 6.83. The molecule has 156 valence electrons. The van der Waals surface area contributed by atoms with E-state index in [9.17, 15) is 17.6 Å². The Morgan fingerprint density at radius 3 is 2.80 bits per heavy atom. The summed E-state index contributed by atoms with van der Waals surface area (Å²) >= 11 is 0. The minimum absolute atomic E-state index is 0.0224. The first kappa shape index (κ1) is 20.0. The first-order valence-corrected chi connectivity index (χ1v) is 10.7. The predicted molar refractivity (Wildman–Crippen MR) is 105 cm³/mol. The molecule has 1 aromatic carbocycles. The molecule has 1 aliphatic heterocycles. The number of methoxy groups -OCH3 is 1. The van der Waals surface area contributed by atoms with Gasteiger partial charge in [-0.1, -0.05) is 6.07 Å². The highest BCUT2D eigenvalue weighted by Gasteiger charge is 2.33. The zero-order valence-corrected chi connectivity index (χ0v) is 17.0. The number of hydrogen-bond acceptors (Lipinski definition) is 8. The predicted octanol–water partition coefficient (Wildman–Crippen LogP) is 1.81. The van der Waals surface area contributed by atoms with Crippen molar-refractivity contribution in [3.8, 4) is 11.4 Å². The van der Waals surface area contributed by atoms with Crippen LogP contribution in [0.3, 0.4) is 0 Å². The lowest BCUT2D eigenvalue weighted by atomic mass is 10.1. The zero-order valence-electron chi connectivity index (χ0n) is 16.2. The molecule has 3 heterocycles. The van der Waals surface area contributed by atoms with Gasteiger partial charge in [0.05, 0.1) is 36.7 Å². The first-order valence-electron chi connectivity index (χ1n) is 9.02. The monoisotopic (exact) mass is 431 g/mol. The summed E-state index contributed by atoms with van der Waals surface area (Å²) in [7, 11) is -0.573. The Morgan fingerprint density at radius 2 is 2.13 bits per heavy atom. The van der Waals surface area contributed by atoms with Crippen LogP contribution in [0, 0.1) is 5.82 Å². The molecule has 0 aliphatic carbocycles. The number of ether oxygens (including phenoxy) is 1. The van der Waals surface area contributed by atoms with E-state index >= 15 is 0 Å². The van der Waals surface area contributed by atoms with Crippen molar-refractivity contribution in [2.75, 3.05) is 18.2 Å². The molecule has 0 saturated heterocycles. The summed E-state index contributed by atoms with van der Waals surface area (Å²) in [5.41, 5.74) is 1.51. The Morgan fingerprint density at radius 1 is 1.33 bits per heavy atom. The van der Waals surface area contributed by atoms with Gasteiger partial charge in [-0.15, -0.1) is 0 Å². The van der Waals surface area contributed by atoms with Gasteiger partial charge in [-0.3, -0.25) is 9.48 Å². The number of carbonyl (C=O) groups excluding carboxylic acids is 1. The lowest BCUT2D eigenvalue weighted by Crippen LogP contribution is -2.08. The number of aromatic nitrogens is 4. The van der Waals surface area contributed by atoms with Gasteiger partial charge in [-0.25, -0.2) is 22.8 Å². The average molecular weight is 431 g/mol. The van der Waals surface area contributed by atoms with Crippen molar-refractivity contribution in [2.24, 2.45) is 7.05 Å². The fourth-order valence-electron chi connectivity index (χ4n) is 3.21. The molecule has 11 heteroatoms. The van der Waals surface area contributed by atoms with E-state index in [-0.39, 0.29) is 34.9 Å². The highest BCUT2D eigenvalue weighted by atomic mass is 32.2.